The first kappa shape index (κ1) is 18.4. The van der Waals surface area contributed by atoms with Crippen molar-refractivity contribution in [3.05, 3.63) is 53.5 Å². The molecule has 1 aromatic heterocycles. The van der Waals surface area contributed by atoms with Crippen molar-refractivity contribution >= 4 is 5.82 Å². The number of likely N-dealkylation sites (tertiary alicyclic amines) is 1. The zero-order chi connectivity index (χ0) is 18.5. The highest BCUT2D eigenvalue weighted by Gasteiger charge is 2.21. The summed E-state index contributed by atoms with van der Waals surface area (Å²) >= 11 is 0. The first-order chi connectivity index (χ1) is 13.3. The fraction of sp³-hybridized carbons (Fsp3) is 0.545. The second-order valence-electron chi connectivity index (χ2n) is 7.87. The Balaban J connectivity index is 1.26. The Morgan fingerprint density at radius 1 is 1.11 bits per heavy atom. The van der Waals surface area contributed by atoms with Crippen molar-refractivity contribution in [1.29, 1.82) is 0 Å². The summed E-state index contributed by atoms with van der Waals surface area (Å²) in [4.78, 5) is 11.8. The van der Waals surface area contributed by atoms with Crippen molar-refractivity contribution in [1.82, 2.24) is 14.9 Å². The van der Waals surface area contributed by atoms with E-state index >= 15 is 0 Å². The average molecular weight is 367 g/mol. The maximum Gasteiger partial charge on any atom is 0.129 e. The van der Waals surface area contributed by atoms with Gasteiger partial charge in [0.15, 0.2) is 0 Å². The van der Waals surface area contributed by atoms with E-state index in [1.54, 1.807) is 0 Å². The molecule has 2 aromatic rings. The summed E-state index contributed by atoms with van der Waals surface area (Å²) < 4.78 is 5.51. The van der Waals surface area contributed by atoms with Crippen molar-refractivity contribution in [2.24, 2.45) is 5.92 Å². The van der Waals surface area contributed by atoms with Crippen LogP contribution in [0.1, 0.15) is 42.3 Å². The van der Waals surface area contributed by atoms with Crippen LogP contribution in [0.2, 0.25) is 0 Å². The number of hydrogen-bond donors (Lipinski definition) is 1. The number of piperidine rings is 1. The van der Waals surface area contributed by atoms with Gasteiger partial charge >= 0.3 is 0 Å². The molecule has 1 atom stereocenters. The summed E-state index contributed by atoms with van der Waals surface area (Å²) in [6.07, 6.45) is 3.55. The molecule has 144 valence electrons. The largest absolute Gasteiger partial charge is 0.381 e. The van der Waals surface area contributed by atoms with Gasteiger partial charge in [-0.25, -0.2) is 9.97 Å². The number of benzene rings is 1. The van der Waals surface area contributed by atoms with E-state index < -0.39 is 0 Å². The molecule has 1 N–H and O–H groups in total. The average Bonchev–Trinajstić information content (AvgIpc) is 3.23. The molecule has 5 heteroatoms. The Labute approximate surface area is 162 Å². The topological polar surface area (TPSA) is 50.3 Å². The lowest BCUT2D eigenvalue weighted by Gasteiger charge is -2.32. The van der Waals surface area contributed by atoms with Gasteiger partial charge in [-0.1, -0.05) is 30.3 Å². The van der Waals surface area contributed by atoms with E-state index in [0.29, 0.717) is 11.8 Å². The summed E-state index contributed by atoms with van der Waals surface area (Å²) in [7, 11) is 0. The van der Waals surface area contributed by atoms with E-state index in [1.807, 2.05) is 6.92 Å². The van der Waals surface area contributed by atoms with Crippen molar-refractivity contribution < 1.29 is 4.74 Å². The van der Waals surface area contributed by atoms with Gasteiger partial charge in [0.25, 0.3) is 0 Å². The number of nitrogens with zero attached hydrogens (tertiary/aromatic N) is 3. The van der Waals surface area contributed by atoms with Gasteiger partial charge in [-0.3, -0.25) is 4.90 Å². The predicted molar refractivity (Wildman–Crippen MR) is 108 cm³/mol. The van der Waals surface area contributed by atoms with Gasteiger partial charge < -0.3 is 10.1 Å². The van der Waals surface area contributed by atoms with Crippen LogP contribution < -0.4 is 5.32 Å². The number of hydrogen-bond acceptors (Lipinski definition) is 5. The predicted octanol–water partition coefficient (Wildman–Crippen LogP) is 3.61. The first-order valence-electron chi connectivity index (χ1n) is 10.2. The fourth-order valence-corrected chi connectivity index (χ4v) is 4.10. The molecule has 2 saturated heterocycles. The Bertz CT molecular complexity index is 722. The molecular weight excluding hydrogens is 336 g/mol. The molecule has 1 aromatic carbocycles. The molecule has 0 spiro atoms. The molecule has 2 fully saturated rings. The standard InChI is InChI=1S/C22H30N4O/c1-17-24-21(20-9-12-27-16-20)13-22(25-17)23-14-18-7-10-26(11-8-18)15-19-5-3-2-4-6-19/h2-6,13,18,20H,7-12,14-16H2,1H3,(H,23,24,25)/t20-/m1/s1. The third-order valence-electron chi connectivity index (χ3n) is 5.73. The molecule has 0 amide bonds. The van der Waals surface area contributed by atoms with Gasteiger partial charge in [0.05, 0.1) is 12.3 Å². The molecule has 2 aliphatic heterocycles. The number of ether oxygens (including phenoxy) is 1. The maximum atomic E-state index is 5.51. The molecule has 0 radical (unpaired) electrons. The van der Waals surface area contributed by atoms with Crippen molar-refractivity contribution in [3.8, 4) is 0 Å². The number of aromatic nitrogens is 2. The second-order valence-corrected chi connectivity index (χ2v) is 7.87. The van der Waals surface area contributed by atoms with Crippen LogP contribution in [-0.4, -0.2) is 47.7 Å². The minimum absolute atomic E-state index is 0.425. The summed E-state index contributed by atoms with van der Waals surface area (Å²) in [5, 5.41) is 3.57. The van der Waals surface area contributed by atoms with Crippen molar-refractivity contribution in [2.75, 3.05) is 38.2 Å². The first-order valence-corrected chi connectivity index (χ1v) is 10.2. The van der Waals surface area contributed by atoms with E-state index in [0.717, 1.165) is 50.1 Å². The van der Waals surface area contributed by atoms with Crippen LogP contribution in [0, 0.1) is 12.8 Å². The van der Waals surface area contributed by atoms with Gasteiger partial charge in [0.2, 0.25) is 0 Å². The van der Waals surface area contributed by atoms with Gasteiger partial charge in [0.1, 0.15) is 11.6 Å². The van der Waals surface area contributed by atoms with E-state index in [4.69, 9.17) is 4.74 Å². The quantitative estimate of drug-likeness (QED) is 0.846. The molecule has 2 aliphatic rings. The molecule has 0 aliphatic carbocycles. The Hall–Kier alpha value is -1.98. The Kier molecular flexibility index (Phi) is 6.00. The van der Waals surface area contributed by atoms with E-state index in [9.17, 15) is 0 Å². The van der Waals surface area contributed by atoms with Crippen LogP contribution in [0.4, 0.5) is 5.82 Å². The molecular formula is C22H30N4O. The van der Waals surface area contributed by atoms with E-state index in [2.05, 4.69) is 56.6 Å². The summed E-state index contributed by atoms with van der Waals surface area (Å²) in [6.45, 7) is 8.03. The highest BCUT2D eigenvalue weighted by molar-refractivity contribution is 5.37. The van der Waals surface area contributed by atoms with Crippen molar-refractivity contribution in [3.63, 3.8) is 0 Å². The zero-order valence-electron chi connectivity index (χ0n) is 16.2. The minimum atomic E-state index is 0.425. The van der Waals surface area contributed by atoms with Crippen molar-refractivity contribution in [2.45, 2.75) is 38.6 Å². The molecule has 27 heavy (non-hydrogen) atoms. The summed E-state index contributed by atoms with van der Waals surface area (Å²) in [5.41, 5.74) is 2.54. The lowest BCUT2D eigenvalue weighted by atomic mass is 9.96. The molecule has 0 saturated carbocycles. The van der Waals surface area contributed by atoms with Crippen LogP contribution in [0.15, 0.2) is 36.4 Å². The third kappa shape index (κ3) is 5.05. The molecule has 5 nitrogen and oxygen atoms in total. The summed E-state index contributed by atoms with van der Waals surface area (Å²) in [6, 6.07) is 12.9. The molecule has 4 rings (SSSR count). The van der Waals surface area contributed by atoms with Crippen LogP contribution >= 0.6 is 0 Å². The van der Waals surface area contributed by atoms with Gasteiger partial charge in [-0.2, -0.15) is 0 Å². The van der Waals surface area contributed by atoms with Crippen LogP contribution in [0.3, 0.4) is 0 Å². The number of aryl methyl sites for hydroxylation is 1. The third-order valence-corrected chi connectivity index (χ3v) is 5.73. The van der Waals surface area contributed by atoms with Crippen LogP contribution in [0.5, 0.6) is 0 Å². The molecule has 0 unspecified atom stereocenters. The van der Waals surface area contributed by atoms with Crippen LogP contribution in [0.25, 0.3) is 0 Å². The number of nitrogens with one attached hydrogen (secondary N) is 1. The van der Waals surface area contributed by atoms with E-state index in [-0.39, 0.29) is 0 Å². The smallest absolute Gasteiger partial charge is 0.129 e. The number of rotatable bonds is 6. The van der Waals surface area contributed by atoms with Gasteiger partial charge in [-0.15, -0.1) is 0 Å². The lowest BCUT2D eigenvalue weighted by Crippen LogP contribution is -2.35. The van der Waals surface area contributed by atoms with Crippen LogP contribution in [-0.2, 0) is 11.3 Å². The zero-order valence-corrected chi connectivity index (χ0v) is 16.2. The number of anilines is 1. The highest BCUT2D eigenvalue weighted by atomic mass is 16.5. The fourth-order valence-electron chi connectivity index (χ4n) is 4.10. The lowest BCUT2D eigenvalue weighted by molar-refractivity contribution is 0.182. The normalized spacial score (nSPS) is 21.4. The minimum Gasteiger partial charge on any atom is -0.381 e. The van der Waals surface area contributed by atoms with Gasteiger partial charge in [0, 0.05) is 31.7 Å². The maximum absolute atomic E-state index is 5.51. The highest BCUT2D eigenvalue weighted by Crippen LogP contribution is 2.25. The van der Waals surface area contributed by atoms with E-state index in [1.165, 1.54) is 31.5 Å². The monoisotopic (exact) mass is 366 g/mol. The summed E-state index contributed by atoms with van der Waals surface area (Å²) in [5.74, 6) is 2.95. The van der Waals surface area contributed by atoms with Gasteiger partial charge in [-0.05, 0) is 50.8 Å². The second kappa shape index (κ2) is 8.81. The SMILES string of the molecule is Cc1nc(NCC2CCN(Cc3ccccc3)CC2)cc([C@@H]2CCOC2)n1. The molecule has 3 heterocycles. The Morgan fingerprint density at radius 3 is 2.67 bits per heavy atom. The Morgan fingerprint density at radius 2 is 1.93 bits per heavy atom. The molecule has 0 bridgehead atoms.